The summed E-state index contributed by atoms with van der Waals surface area (Å²) in [5.74, 6) is 0. The molecule has 0 amide bonds. The van der Waals surface area contributed by atoms with Crippen molar-refractivity contribution in [2.24, 2.45) is 0 Å². The van der Waals surface area contributed by atoms with E-state index in [1.807, 2.05) is 24.3 Å². The highest BCUT2D eigenvalue weighted by Gasteiger charge is 2.47. The standard InChI is InChI=1S/C102H80BN3O2/c1-100(2,3)67-56-81(64-33-15-11-16-34-64)96(83(58-67)79-45-29-43-77-75-41-23-27-49-93(75)107-98(77)79)105-89-55-66(72-38-20-19-37-71(72)63-31-13-10-14-32-63)51-53-85(89)103-86-54-52-70(104-87-47-25-21-39-73(87)74-40-22-26-48-88(74)104)62-90(86)106(92-61-69(102(7,8)9)60-91(105)95(92)103)97-82(65-35-17-12-18-36-65)57-68(101(4,5)6)59-84(97)80-46-30-44-78-76-42-24-28-50-94(76)108-99(78)80/h10-62H,1-9H3/i21D,22D,25D,26D,39D,40D,47D,48D. The summed E-state index contributed by atoms with van der Waals surface area (Å²) in [6.45, 7) is 19.9. The third-order valence-electron chi connectivity index (χ3n) is 22.5. The van der Waals surface area contributed by atoms with E-state index < -0.39 is 53.8 Å². The van der Waals surface area contributed by atoms with Crippen molar-refractivity contribution < 1.29 is 19.8 Å². The lowest BCUT2D eigenvalue weighted by molar-refractivity contribution is 0.590. The number of benzene rings is 15. The minimum atomic E-state index is -0.556. The van der Waals surface area contributed by atoms with Crippen LogP contribution in [0.4, 0.5) is 34.1 Å². The minimum absolute atomic E-state index is 0.00462. The number of fused-ring (bicyclic) bond motifs is 13. The molecule has 0 saturated carbocycles. The van der Waals surface area contributed by atoms with Gasteiger partial charge in [0.05, 0.1) is 33.4 Å². The average molecular weight is 1400 g/mol. The molecule has 3 aromatic heterocycles. The summed E-state index contributed by atoms with van der Waals surface area (Å²) in [5, 5.41) is 3.96. The molecular formula is C102H80BN3O2. The molecule has 0 atom stereocenters. The molecule has 0 N–H and O–H groups in total. The molecule has 0 spiro atoms. The van der Waals surface area contributed by atoms with Gasteiger partial charge < -0.3 is 23.2 Å². The molecule has 0 bridgehead atoms. The normalized spacial score (nSPS) is 14.0. The van der Waals surface area contributed by atoms with Gasteiger partial charge >= 0.3 is 0 Å². The van der Waals surface area contributed by atoms with Gasteiger partial charge in [0, 0.05) is 94.1 Å². The molecule has 5 heterocycles. The van der Waals surface area contributed by atoms with Crippen LogP contribution in [0.1, 0.15) is 90.0 Å². The highest BCUT2D eigenvalue weighted by Crippen LogP contribution is 2.57. The number of hydrogen-bond acceptors (Lipinski definition) is 4. The number of rotatable bonds is 9. The van der Waals surface area contributed by atoms with Crippen molar-refractivity contribution in [3.63, 3.8) is 0 Å². The van der Waals surface area contributed by atoms with Crippen LogP contribution in [0.5, 0.6) is 0 Å². The molecule has 0 fully saturated rings. The van der Waals surface area contributed by atoms with Gasteiger partial charge in [-0.05, 0) is 162 Å². The van der Waals surface area contributed by atoms with Crippen LogP contribution in [0.25, 0.3) is 138 Å². The van der Waals surface area contributed by atoms with Crippen LogP contribution in [-0.4, -0.2) is 11.3 Å². The largest absolute Gasteiger partial charge is 0.455 e. The lowest BCUT2D eigenvalue weighted by Gasteiger charge is -2.47. The fourth-order valence-electron chi connectivity index (χ4n) is 17.1. The lowest BCUT2D eigenvalue weighted by Crippen LogP contribution is -2.61. The zero-order valence-corrected chi connectivity index (χ0v) is 61.7. The summed E-state index contributed by atoms with van der Waals surface area (Å²) in [7, 11) is 0. The van der Waals surface area contributed by atoms with E-state index in [4.69, 9.17) is 11.6 Å². The van der Waals surface area contributed by atoms with Gasteiger partial charge in [-0.3, -0.25) is 0 Å². The Morgan fingerprint density at radius 2 is 0.676 bits per heavy atom. The quantitative estimate of drug-likeness (QED) is 0.135. The summed E-state index contributed by atoms with van der Waals surface area (Å²) in [5.41, 5.74) is 25.4. The molecule has 2 aliphatic heterocycles. The number of aromatic nitrogens is 1. The average Bonchev–Trinajstić information content (AvgIpc) is 0.775. The Bertz CT molecular complexity index is 7130. The maximum atomic E-state index is 9.96. The Hall–Kier alpha value is -12.6. The Morgan fingerprint density at radius 1 is 0.296 bits per heavy atom. The van der Waals surface area contributed by atoms with Gasteiger partial charge in [-0.1, -0.05) is 305 Å². The first-order valence-electron chi connectivity index (χ1n) is 41.3. The van der Waals surface area contributed by atoms with Crippen LogP contribution in [0.2, 0.25) is 0 Å². The van der Waals surface area contributed by atoms with Crippen molar-refractivity contribution in [3.05, 3.63) is 338 Å². The first-order chi connectivity index (χ1) is 55.8. The zero-order chi connectivity index (χ0) is 80.0. The van der Waals surface area contributed by atoms with Gasteiger partial charge in [0.25, 0.3) is 6.71 Å². The topological polar surface area (TPSA) is 37.7 Å². The predicted octanol–water partition coefficient (Wildman–Crippen LogP) is 26.6. The minimum Gasteiger partial charge on any atom is -0.455 e. The number of para-hydroxylation sites is 6. The van der Waals surface area contributed by atoms with E-state index in [1.165, 1.54) is 0 Å². The maximum Gasteiger partial charge on any atom is 0.252 e. The molecule has 15 aromatic carbocycles. The van der Waals surface area contributed by atoms with Gasteiger partial charge in [0.2, 0.25) is 0 Å². The number of hydrogen-bond donors (Lipinski definition) is 0. The highest BCUT2D eigenvalue weighted by atomic mass is 16.3. The molecule has 20 rings (SSSR count). The summed E-state index contributed by atoms with van der Waals surface area (Å²) in [6, 6.07) is 94.3. The summed E-state index contributed by atoms with van der Waals surface area (Å²) < 4.78 is 92.5. The second-order valence-corrected chi connectivity index (χ2v) is 32.1. The first-order valence-corrected chi connectivity index (χ1v) is 37.3. The van der Waals surface area contributed by atoms with E-state index in [0.29, 0.717) is 11.3 Å². The molecule has 5 nitrogen and oxygen atoms in total. The van der Waals surface area contributed by atoms with Crippen molar-refractivity contribution in [3.8, 4) is 72.4 Å². The fraction of sp³-hybridized carbons (Fsp3) is 0.118. The third kappa shape index (κ3) is 10.3. The highest BCUT2D eigenvalue weighted by molar-refractivity contribution is 7.00. The zero-order valence-electron chi connectivity index (χ0n) is 69.7. The van der Waals surface area contributed by atoms with Crippen molar-refractivity contribution in [2.45, 2.75) is 78.6 Å². The summed E-state index contributed by atoms with van der Waals surface area (Å²) in [6.07, 6.45) is 0. The second-order valence-electron chi connectivity index (χ2n) is 32.1. The van der Waals surface area contributed by atoms with Gasteiger partial charge in [0.15, 0.2) is 0 Å². The van der Waals surface area contributed by atoms with Crippen molar-refractivity contribution in [1.82, 2.24) is 4.57 Å². The van der Waals surface area contributed by atoms with E-state index in [-0.39, 0.29) is 39.3 Å². The van der Waals surface area contributed by atoms with E-state index >= 15 is 0 Å². The van der Waals surface area contributed by atoms with Gasteiger partial charge in [-0.15, -0.1) is 0 Å². The van der Waals surface area contributed by atoms with E-state index in [0.717, 1.165) is 172 Å². The fourth-order valence-corrected chi connectivity index (χ4v) is 17.1. The molecule has 108 heavy (non-hydrogen) atoms. The molecule has 6 heteroatoms. The predicted molar refractivity (Wildman–Crippen MR) is 458 cm³/mol. The summed E-state index contributed by atoms with van der Waals surface area (Å²) in [4.78, 5) is 5.05. The van der Waals surface area contributed by atoms with E-state index in [2.05, 4.69) is 321 Å². The molecule has 0 saturated heterocycles. The van der Waals surface area contributed by atoms with Crippen LogP contribution < -0.4 is 26.2 Å². The Balaban J connectivity index is 1.00. The van der Waals surface area contributed by atoms with Crippen LogP contribution in [-0.2, 0) is 16.2 Å². The van der Waals surface area contributed by atoms with E-state index in [1.54, 1.807) is 4.57 Å². The molecular weight excluding hydrogens is 1310 g/mol. The van der Waals surface area contributed by atoms with Crippen LogP contribution in [0.3, 0.4) is 0 Å². The third-order valence-corrected chi connectivity index (χ3v) is 22.5. The Kier molecular flexibility index (Phi) is 12.8. The Morgan fingerprint density at radius 3 is 1.16 bits per heavy atom. The summed E-state index contributed by atoms with van der Waals surface area (Å²) >= 11 is 0. The molecule has 518 valence electrons. The van der Waals surface area contributed by atoms with Crippen LogP contribution in [0.15, 0.2) is 330 Å². The molecule has 18 aromatic rings. The van der Waals surface area contributed by atoms with Crippen molar-refractivity contribution in [1.29, 1.82) is 0 Å². The number of nitrogens with zero attached hydrogens (tertiary/aromatic N) is 3. The lowest BCUT2D eigenvalue weighted by atomic mass is 9.33. The monoisotopic (exact) mass is 1400 g/mol. The molecule has 0 unspecified atom stereocenters. The van der Waals surface area contributed by atoms with Gasteiger partial charge in [0.1, 0.15) is 22.3 Å². The van der Waals surface area contributed by atoms with Crippen LogP contribution >= 0.6 is 0 Å². The van der Waals surface area contributed by atoms with Crippen molar-refractivity contribution in [2.75, 3.05) is 9.80 Å². The SMILES string of the molecule is [2H]c1c([2H])c([2H])c2c(c1[2H])c1c([2H])c([2H])c([2H])c([2H])c1n2-c1ccc2c(c1)N(c1c(-c3ccccc3)cc(C(C)(C)C)cc1-c1cccc3c1oc1ccccc13)c1cc(C(C)(C)C)cc3c1B2c1ccc(-c2ccccc2-c2ccccc2)cc1N3c1c(-c2ccccc2)cc(C(C)(C)C)cc1-c1cccc2c1oc1ccccc12. The number of furan rings is 2. The van der Waals surface area contributed by atoms with Gasteiger partial charge in [-0.25, -0.2) is 0 Å². The van der Waals surface area contributed by atoms with Gasteiger partial charge in [-0.2, -0.15) is 0 Å². The van der Waals surface area contributed by atoms with E-state index in [9.17, 15) is 8.22 Å². The molecule has 2 aliphatic rings. The molecule has 0 aliphatic carbocycles. The smallest absolute Gasteiger partial charge is 0.252 e. The number of anilines is 6. The van der Waals surface area contributed by atoms with Crippen LogP contribution in [0, 0.1) is 0 Å². The maximum absolute atomic E-state index is 9.96. The molecule has 0 radical (unpaired) electrons. The van der Waals surface area contributed by atoms with Crippen molar-refractivity contribution >= 4 is 123 Å². The second kappa shape index (κ2) is 24.5. The first kappa shape index (κ1) is 56.7. The Labute approximate surface area is 642 Å².